The fraction of sp³-hybridized carbons (Fsp3) is 0.333. The van der Waals surface area contributed by atoms with Crippen molar-refractivity contribution in [3.63, 3.8) is 0 Å². The zero-order valence-electron chi connectivity index (χ0n) is 18.4. The van der Waals surface area contributed by atoms with Gasteiger partial charge in [0, 0.05) is 18.0 Å². The van der Waals surface area contributed by atoms with Crippen LogP contribution < -0.4 is 10.0 Å². The highest BCUT2D eigenvalue weighted by atomic mass is 32.2. The third kappa shape index (κ3) is 6.62. The van der Waals surface area contributed by atoms with E-state index in [4.69, 9.17) is 4.74 Å². The molecule has 2 rings (SSSR count). The minimum atomic E-state index is -3.66. The van der Waals surface area contributed by atoms with Gasteiger partial charge in [-0.1, -0.05) is 6.07 Å². The molecule has 2 aromatic carbocycles. The first-order valence-corrected chi connectivity index (χ1v) is 13.0. The van der Waals surface area contributed by atoms with Gasteiger partial charge in [-0.25, -0.2) is 26.4 Å². The second-order valence-electron chi connectivity index (χ2n) is 7.59. The summed E-state index contributed by atoms with van der Waals surface area (Å²) >= 11 is 0. The first-order chi connectivity index (χ1) is 14.7. The van der Waals surface area contributed by atoms with E-state index in [1.54, 1.807) is 20.8 Å². The highest BCUT2D eigenvalue weighted by Gasteiger charge is 2.22. The van der Waals surface area contributed by atoms with Gasteiger partial charge in [-0.3, -0.25) is 4.79 Å². The van der Waals surface area contributed by atoms with E-state index < -0.39 is 37.8 Å². The Morgan fingerprint density at radius 2 is 1.47 bits per heavy atom. The van der Waals surface area contributed by atoms with Crippen molar-refractivity contribution in [2.24, 2.45) is 0 Å². The van der Waals surface area contributed by atoms with E-state index in [1.807, 2.05) is 0 Å². The summed E-state index contributed by atoms with van der Waals surface area (Å²) in [6.07, 6.45) is -0.159. The van der Waals surface area contributed by atoms with Gasteiger partial charge in [0.1, 0.15) is 0 Å². The number of amides is 1. The molecule has 0 aliphatic heterocycles. The Labute approximate surface area is 188 Å². The topological polar surface area (TPSA) is 136 Å². The van der Waals surface area contributed by atoms with Crippen LogP contribution in [0.4, 0.5) is 5.69 Å². The first-order valence-electron chi connectivity index (χ1n) is 9.65. The number of carbonyl (C=O) groups is 2. The van der Waals surface area contributed by atoms with Crippen molar-refractivity contribution in [3.8, 4) is 0 Å². The second kappa shape index (κ2) is 9.80. The summed E-state index contributed by atoms with van der Waals surface area (Å²) in [5, 5.41) is 2.54. The summed E-state index contributed by atoms with van der Waals surface area (Å²) in [5.74, 6) is -1.47. The van der Waals surface area contributed by atoms with Gasteiger partial charge in [-0.05, 0) is 69.7 Å². The van der Waals surface area contributed by atoms with E-state index in [0.717, 1.165) is 6.26 Å². The number of aryl methyl sites for hydroxylation is 1. The van der Waals surface area contributed by atoms with Crippen LogP contribution in [0.25, 0.3) is 0 Å². The van der Waals surface area contributed by atoms with Gasteiger partial charge in [-0.2, -0.15) is 0 Å². The molecule has 0 aliphatic carbocycles. The summed E-state index contributed by atoms with van der Waals surface area (Å²) < 4.78 is 55.4. The van der Waals surface area contributed by atoms with Crippen LogP contribution in [0.15, 0.2) is 52.3 Å². The molecule has 32 heavy (non-hydrogen) atoms. The number of hydrogen-bond acceptors (Lipinski definition) is 7. The molecule has 2 N–H and O–H groups in total. The number of hydrogen-bond donors (Lipinski definition) is 2. The Morgan fingerprint density at radius 1 is 0.906 bits per heavy atom. The summed E-state index contributed by atoms with van der Waals surface area (Å²) in [5.41, 5.74) is 0.859. The van der Waals surface area contributed by atoms with E-state index in [2.05, 4.69) is 10.0 Å². The Balaban J connectivity index is 2.08. The van der Waals surface area contributed by atoms with Crippen LogP contribution in [0.2, 0.25) is 0 Å². The average molecular weight is 483 g/mol. The van der Waals surface area contributed by atoms with Gasteiger partial charge < -0.3 is 10.1 Å². The molecule has 0 saturated heterocycles. The Hall–Kier alpha value is -2.76. The van der Waals surface area contributed by atoms with Gasteiger partial charge in [0.25, 0.3) is 5.91 Å². The minimum Gasteiger partial charge on any atom is -0.449 e. The fourth-order valence-electron chi connectivity index (χ4n) is 2.67. The standard InChI is InChI=1S/C21H26N2O7S2/c1-13(2)23-32(28,29)17-10-7-16(8-11-17)22-20(24)15(4)30-21(25)19-12-18(31(5,26)27)9-6-14(19)3/h6-13,15,23H,1-5H3,(H,22,24). The monoisotopic (exact) mass is 482 g/mol. The van der Waals surface area contributed by atoms with Crippen LogP contribution in [-0.4, -0.2) is 47.1 Å². The number of rotatable bonds is 8. The molecule has 11 heteroatoms. The summed E-state index contributed by atoms with van der Waals surface area (Å²) in [7, 11) is -7.18. The van der Waals surface area contributed by atoms with E-state index in [9.17, 15) is 26.4 Å². The number of ether oxygens (including phenoxy) is 1. The van der Waals surface area contributed by atoms with Gasteiger partial charge in [-0.15, -0.1) is 0 Å². The largest absolute Gasteiger partial charge is 0.449 e. The van der Waals surface area contributed by atoms with Crippen LogP contribution in [0, 0.1) is 6.92 Å². The maximum atomic E-state index is 12.5. The van der Waals surface area contributed by atoms with Gasteiger partial charge in [0.05, 0.1) is 15.4 Å². The Morgan fingerprint density at radius 3 is 2.00 bits per heavy atom. The van der Waals surface area contributed by atoms with Gasteiger partial charge in [0.2, 0.25) is 10.0 Å². The van der Waals surface area contributed by atoms with Crippen LogP contribution >= 0.6 is 0 Å². The van der Waals surface area contributed by atoms with E-state index >= 15 is 0 Å². The lowest BCUT2D eigenvalue weighted by Crippen LogP contribution is -2.31. The predicted octanol–water partition coefficient (Wildman–Crippen LogP) is 2.27. The highest BCUT2D eigenvalue weighted by molar-refractivity contribution is 7.90. The Kier molecular flexibility index (Phi) is 7.81. The lowest BCUT2D eigenvalue weighted by atomic mass is 10.1. The first kappa shape index (κ1) is 25.5. The molecule has 0 bridgehead atoms. The second-order valence-corrected chi connectivity index (χ2v) is 11.3. The molecule has 0 aromatic heterocycles. The molecule has 1 amide bonds. The molecule has 0 aliphatic rings. The lowest BCUT2D eigenvalue weighted by molar-refractivity contribution is -0.123. The van der Waals surface area contributed by atoms with Crippen molar-refractivity contribution < 1.29 is 31.2 Å². The molecule has 1 unspecified atom stereocenters. The third-order valence-electron chi connectivity index (χ3n) is 4.33. The number of anilines is 1. The van der Waals surface area contributed by atoms with Crippen molar-refractivity contribution in [1.29, 1.82) is 0 Å². The SMILES string of the molecule is Cc1ccc(S(C)(=O)=O)cc1C(=O)OC(C)C(=O)Nc1ccc(S(=O)(=O)NC(C)C)cc1. The smallest absolute Gasteiger partial charge is 0.339 e. The average Bonchev–Trinajstić information content (AvgIpc) is 2.66. The van der Waals surface area contributed by atoms with Crippen molar-refractivity contribution >= 4 is 37.4 Å². The number of sulfone groups is 1. The zero-order chi connectivity index (χ0) is 24.3. The molecule has 174 valence electrons. The molecule has 1 atom stereocenters. The molecule has 0 heterocycles. The number of esters is 1. The molecule has 0 spiro atoms. The van der Waals surface area contributed by atoms with Gasteiger partial charge >= 0.3 is 5.97 Å². The minimum absolute atomic E-state index is 0.0332. The molecular weight excluding hydrogens is 456 g/mol. The van der Waals surface area contributed by atoms with Crippen molar-refractivity contribution in [1.82, 2.24) is 4.72 Å². The zero-order valence-corrected chi connectivity index (χ0v) is 20.0. The van der Waals surface area contributed by atoms with Crippen LogP contribution in [0.1, 0.15) is 36.7 Å². The summed E-state index contributed by atoms with van der Waals surface area (Å²) in [6.45, 7) is 6.40. The summed E-state index contributed by atoms with van der Waals surface area (Å²) in [6, 6.07) is 9.34. The molecule has 0 fully saturated rings. The molecule has 2 aromatic rings. The van der Waals surface area contributed by atoms with Gasteiger partial charge in [0.15, 0.2) is 15.9 Å². The maximum absolute atomic E-state index is 12.5. The maximum Gasteiger partial charge on any atom is 0.339 e. The third-order valence-corrected chi connectivity index (χ3v) is 7.12. The number of benzene rings is 2. The quantitative estimate of drug-likeness (QED) is 0.551. The van der Waals surface area contributed by atoms with E-state index in [1.165, 1.54) is 49.4 Å². The lowest BCUT2D eigenvalue weighted by Gasteiger charge is -2.15. The van der Waals surface area contributed by atoms with Crippen molar-refractivity contribution in [3.05, 3.63) is 53.6 Å². The molecule has 9 nitrogen and oxygen atoms in total. The highest BCUT2D eigenvalue weighted by Crippen LogP contribution is 2.18. The predicted molar refractivity (Wildman–Crippen MR) is 120 cm³/mol. The van der Waals surface area contributed by atoms with Crippen LogP contribution in [-0.2, 0) is 29.4 Å². The Bertz CT molecular complexity index is 1220. The number of sulfonamides is 1. The molecule has 0 saturated carbocycles. The fourth-order valence-corrected chi connectivity index (χ4v) is 4.57. The number of carbonyl (C=O) groups excluding carboxylic acids is 2. The molecular formula is C21H26N2O7S2. The number of nitrogens with one attached hydrogen (secondary N) is 2. The normalized spacial score (nSPS) is 12.9. The van der Waals surface area contributed by atoms with E-state index in [0.29, 0.717) is 11.3 Å². The molecule has 0 radical (unpaired) electrons. The van der Waals surface area contributed by atoms with E-state index in [-0.39, 0.29) is 21.4 Å². The van der Waals surface area contributed by atoms with Crippen molar-refractivity contribution in [2.75, 3.05) is 11.6 Å². The van der Waals surface area contributed by atoms with Crippen LogP contribution in [0.3, 0.4) is 0 Å². The van der Waals surface area contributed by atoms with Crippen molar-refractivity contribution in [2.45, 2.75) is 49.6 Å². The van der Waals surface area contributed by atoms with Crippen LogP contribution in [0.5, 0.6) is 0 Å². The summed E-state index contributed by atoms with van der Waals surface area (Å²) in [4.78, 5) is 24.9.